The van der Waals surface area contributed by atoms with Crippen molar-refractivity contribution in [3.63, 3.8) is 0 Å². The molecule has 0 amide bonds. The molecule has 176 valence electrons. The Hall–Kier alpha value is -3.28. The standard InChI is InChI=1S/C21H21F3N4O5/c1-10-16(11(2)32-26-10)12-6-7-14-17-18(12)31-9-15(13-5-3-4-8-25-13)27(17)20(30)28(14)33-19(29)21(22,23)24/h6-7,13,15,25H,3-5,8-9H2,1-2H3. The molecule has 0 spiro atoms. The van der Waals surface area contributed by atoms with Crippen LogP contribution in [0, 0.1) is 13.8 Å². The summed E-state index contributed by atoms with van der Waals surface area (Å²) in [4.78, 5) is 29.4. The average molecular weight is 466 g/mol. The summed E-state index contributed by atoms with van der Waals surface area (Å²) in [7, 11) is 0. The van der Waals surface area contributed by atoms with Crippen LogP contribution in [0.4, 0.5) is 13.2 Å². The van der Waals surface area contributed by atoms with Gasteiger partial charge in [-0.1, -0.05) is 11.6 Å². The fraction of sp³-hybridized carbons (Fsp3) is 0.476. The number of aromatic nitrogens is 3. The van der Waals surface area contributed by atoms with E-state index in [1.807, 2.05) is 0 Å². The van der Waals surface area contributed by atoms with Gasteiger partial charge in [-0.2, -0.15) is 13.2 Å². The van der Waals surface area contributed by atoms with Crippen molar-refractivity contribution < 1.29 is 32.1 Å². The number of carbonyl (C=O) groups is 1. The van der Waals surface area contributed by atoms with E-state index in [-0.39, 0.29) is 23.7 Å². The van der Waals surface area contributed by atoms with Gasteiger partial charge < -0.3 is 19.4 Å². The Morgan fingerprint density at radius 2 is 2.06 bits per heavy atom. The van der Waals surface area contributed by atoms with Crippen LogP contribution in [-0.4, -0.2) is 45.8 Å². The van der Waals surface area contributed by atoms with Crippen LogP contribution >= 0.6 is 0 Å². The van der Waals surface area contributed by atoms with Gasteiger partial charge >= 0.3 is 17.8 Å². The number of benzene rings is 1. The van der Waals surface area contributed by atoms with Crippen molar-refractivity contribution in [1.29, 1.82) is 0 Å². The molecule has 1 aromatic carbocycles. The highest BCUT2D eigenvalue weighted by atomic mass is 19.4. The van der Waals surface area contributed by atoms with E-state index in [1.54, 1.807) is 19.9 Å². The van der Waals surface area contributed by atoms with Gasteiger partial charge in [0.25, 0.3) is 0 Å². The third kappa shape index (κ3) is 3.39. The van der Waals surface area contributed by atoms with Gasteiger partial charge in [0, 0.05) is 11.6 Å². The molecule has 1 saturated heterocycles. The number of piperidine rings is 1. The Labute approximate surface area is 185 Å². The van der Waals surface area contributed by atoms with E-state index in [2.05, 4.69) is 15.3 Å². The number of rotatable bonds is 3. The van der Waals surface area contributed by atoms with Crippen LogP contribution in [0.1, 0.15) is 36.8 Å². The van der Waals surface area contributed by atoms with Crippen molar-refractivity contribution in [2.45, 2.75) is 51.4 Å². The van der Waals surface area contributed by atoms with Gasteiger partial charge in [0.15, 0.2) is 5.75 Å². The smallest absolute Gasteiger partial charge is 0.488 e. The van der Waals surface area contributed by atoms with Crippen LogP contribution in [0.3, 0.4) is 0 Å². The van der Waals surface area contributed by atoms with Crippen molar-refractivity contribution in [3.8, 4) is 16.9 Å². The topological polar surface area (TPSA) is 101 Å². The van der Waals surface area contributed by atoms with E-state index < -0.39 is 23.9 Å². The number of hydrogen-bond donors (Lipinski definition) is 1. The summed E-state index contributed by atoms with van der Waals surface area (Å²) >= 11 is 0. The number of hydrogen-bond acceptors (Lipinski definition) is 7. The first-order valence-corrected chi connectivity index (χ1v) is 10.6. The molecule has 5 rings (SSSR count). The number of imidazole rings is 1. The highest BCUT2D eigenvalue weighted by Gasteiger charge is 2.44. The molecule has 0 radical (unpaired) electrons. The van der Waals surface area contributed by atoms with Crippen molar-refractivity contribution in [1.82, 2.24) is 19.8 Å². The second kappa shape index (κ2) is 7.65. The summed E-state index contributed by atoms with van der Waals surface area (Å²) in [5.74, 6) is -1.65. The van der Waals surface area contributed by atoms with Gasteiger partial charge in [-0.3, -0.25) is 4.57 Å². The minimum Gasteiger partial charge on any atom is -0.488 e. The molecule has 9 nitrogen and oxygen atoms in total. The lowest BCUT2D eigenvalue weighted by atomic mass is 9.96. The quantitative estimate of drug-likeness (QED) is 0.634. The molecule has 0 aliphatic carbocycles. The van der Waals surface area contributed by atoms with E-state index in [0.717, 1.165) is 25.8 Å². The lowest BCUT2D eigenvalue weighted by Crippen LogP contribution is -2.48. The zero-order chi connectivity index (χ0) is 23.5. The second-order valence-electron chi connectivity index (χ2n) is 8.27. The van der Waals surface area contributed by atoms with Crippen molar-refractivity contribution in [2.24, 2.45) is 0 Å². The lowest BCUT2D eigenvalue weighted by Gasteiger charge is -2.34. The SMILES string of the molecule is Cc1noc(C)c1-c1ccc2c3c1OCC(C1CCCCN1)n3c(=O)n2OC(=O)C(F)(F)F. The second-order valence-corrected chi connectivity index (χ2v) is 8.27. The minimum absolute atomic E-state index is 0.00335. The van der Waals surface area contributed by atoms with Crippen molar-refractivity contribution in [2.75, 3.05) is 13.2 Å². The number of ether oxygens (including phenoxy) is 1. The summed E-state index contributed by atoms with van der Waals surface area (Å²) in [5.41, 5.74) is 1.24. The molecule has 2 unspecified atom stereocenters. The molecular weight excluding hydrogens is 445 g/mol. The molecule has 2 aliphatic rings. The Morgan fingerprint density at radius 1 is 1.27 bits per heavy atom. The highest BCUT2D eigenvalue weighted by molar-refractivity contribution is 5.93. The number of carbonyl (C=O) groups excluding carboxylic acids is 1. The zero-order valence-corrected chi connectivity index (χ0v) is 17.9. The number of aryl methyl sites for hydroxylation is 2. The summed E-state index contributed by atoms with van der Waals surface area (Å²) in [5, 5.41) is 7.32. The fourth-order valence-corrected chi connectivity index (χ4v) is 4.74. The van der Waals surface area contributed by atoms with Crippen LogP contribution in [0.25, 0.3) is 22.2 Å². The highest BCUT2D eigenvalue weighted by Crippen LogP contribution is 2.43. The number of halogens is 3. The van der Waals surface area contributed by atoms with Crippen molar-refractivity contribution >= 4 is 17.0 Å². The minimum atomic E-state index is -5.26. The monoisotopic (exact) mass is 466 g/mol. The Morgan fingerprint density at radius 3 is 2.70 bits per heavy atom. The van der Waals surface area contributed by atoms with Crippen molar-refractivity contribution in [3.05, 3.63) is 34.1 Å². The maximum absolute atomic E-state index is 13.3. The summed E-state index contributed by atoms with van der Waals surface area (Å²) < 4.78 is 51.9. The molecular formula is C21H21F3N4O5. The number of nitrogens with zero attached hydrogens (tertiary/aromatic N) is 3. The molecule has 0 bridgehead atoms. The van der Waals surface area contributed by atoms with Gasteiger partial charge in [0.05, 0.1) is 17.3 Å². The van der Waals surface area contributed by atoms with Crippen LogP contribution in [0.15, 0.2) is 21.5 Å². The van der Waals surface area contributed by atoms with Crippen LogP contribution in [-0.2, 0) is 4.79 Å². The van der Waals surface area contributed by atoms with Crippen LogP contribution in [0.2, 0.25) is 0 Å². The van der Waals surface area contributed by atoms with E-state index in [9.17, 15) is 22.8 Å². The third-order valence-corrected chi connectivity index (χ3v) is 6.20. The van der Waals surface area contributed by atoms with E-state index in [1.165, 1.54) is 10.6 Å². The lowest BCUT2D eigenvalue weighted by molar-refractivity contribution is -0.199. The maximum atomic E-state index is 13.3. The number of nitrogens with one attached hydrogen (secondary N) is 1. The van der Waals surface area contributed by atoms with E-state index in [0.29, 0.717) is 33.1 Å². The third-order valence-electron chi connectivity index (χ3n) is 6.20. The molecule has 1 N–H and O–H groups in total. The molecule has 33 heavy (non-hydrogen) atoms. The summed E-state index contributed by atoms with van der Waals surface area (Å²) in [6.45, 7) is 4.36. The molecule has 2 aliphatic heterocycles. The van der Waals surface area contributed by atoms with Gasteiger partial charge in [0.1, 0.15) is 23.4 Å². The number of alkyl halides is 3. The molecule has 4 heterocycles. The Balaban J connectivity index is 1.75. The molecule has 0 saturated carbocycles. The van der Waals surface area contributed by atoms with Gasteiger partial charge in [-0.25, -0.2) is 9.59 Å². The molecule has 2 atom stereocenters. The Bertz CT molecular complexity index is 1280. The van der Waals surface area contributed by atoms with Crippen LogP contribution < -0.4 is 20.6 Å². The fourth-order valence-electron chi connectivity index (χ4n) is 4.74. The molecule has 3 aromatic rings. The molecule has 2 aromatic heterocycles. The molecule has 1 fully saturated rings. The van der Waals surface area contributed by atoms with Gasteiger partial charge in [0.2, 0.25) is 0 Å². The normalized spacial score (nSPS) is 20.6. The van der Waals surface area contributed by atoms with Gasteiger partial charge in [-0.15, -0.1) is 4.73 Å². The predicted octanol–water partition coefficient (Wildman–Crippen LogP) is 2.67. The first-order chi connectivity index (χ1) is 15.7. The predicted molar refractivity (Wildman–Crippen MR) is 109 cm³/mol. The Kier molecular flexibility index (Phi) is 5.00. The maximum Gasteiger partial charge on any atom is 0.493 e. The van der Waals surface area contributed by atoms with Gasteiger partial charge in [-0.05, 0) is 45.4 Å². The molecule has 12 heteroatoms. The first kappa shape index (κ1) is 21.6. The zero-order valence-electron chi connectivity index (χ0n) is 17.9. The van der Waals surface area contributed by atoms with E-state index in [4.69, 9.17) is 9.26 Å². The summed E-state index contributed by atoms with van der Waals surface area (Å²) in [6.07, 6.45) is -2.55. The largest absolute Gasteiger partial charge is 0.493 e. The summed E-state index contributed by atoms with van der Waals surface area (Å²) in [6, 6.07) is 2.41. The average Bonchev–Trinajstić information content (AvgIpc) is 3.26. The van der Waals surface area contributed by atoms with E-state index >= 15 is 0 Å². The van der Waals surface area contributed by atoms with Crippen LogP contribution in [0.5, 0.6) is 5.75 Å². The first-order valence-electron chi connectivity index (χ1n) is 10.6.